The largest absolute Gasteiger partial charge is 0.480 e. The molecule has 142 valence electrons. The number of hydrogen-bond donors (Lipinski definition) is 1. The number of amides is 1. The Labute approximate surface area is 154 Å². The van der Waals surface area contributed by atoms with Crippen molar-refractivity contribution in [3.8, 4) is 5.75 Å². The lowest BCUT2D eigenvalue weighted by Crippen LogP contribution is -2.37. The second-order valence-corrected chi connectivity index (χ2v) is 6.79. The second-order valence-electron chi connectivity index (χ2n) is 6.79. The minimum atomic E-state index is -0.643. The molecule has 26 heavy (non-hydrogen) atoms. The number of ether oxygens (including phenoxy) is 1. The molecule has 1 atom stereocenters. The maximum Gasteiger partial charge on any atom is 0.336 e. The fourth-order valence-corrected chi connectivity index (χ4v) is 2.84. The van der Waals surface area contributed by atoms with Gasteiger partial charge in [-0.05, 0) is 70.6 Å². The van der Waals surface area contributed by atoms with Crippen molar-refractivity contribution in [3.63, 3.8) is 0 Å². The number of benzene rings is 1. The number of carbonyl (C=O) groups excluding carboxylic acids is 1. The van der Waals surface area contributed by atoms with E-state index in [1.54, 1.807) is 6.92 Å². The minimum absolute atomic E-state index is 0.158. The van der Waals surface area contributed by atoms with Crippen molar-refractivity contribution in [2.24, 2.45) is 0 Å². The number of rotatable bonds is 8. The topological polar surface area (TPSA) is 71.8 Å². The molecule has 0 aliphatic carbocycles. The van der Waals surface area contributed by atoms with Gasteiger partial charge in [0, 0.05) is 12.6 Å². The predicted octanol–water partition coefficient (Wildman–Crippen LogP) is 2.50. The molecule has 1 aromatic carbocycles. The highest BCUT2D eigenvalue weighted by Gasteiger charge is 2.18. The van der Waals surface area contributed by atoms with Crippen molar-refractivity contribution in [2.75, 3.05) is 27.2 Å². The lowest BCUT2D eigenvalue weighted by atomic mass is 10.0. The molecule has 6 heteroatoms. The van der Waals surface area contributed by atoms with Gasteiger partial charge >= 0.3 is 5.63 Å². The Bertz CT molecular complexity index is 826. The van der Waals surface area contributed by atoms with Gasteiger partial charge in [0.2, 0.25) is 0 Å². The van der Waals surface area contributed by atoms with Crippen LogP contribution in [0.4, 0.5) is 0 Å². The van der Waals surface area contributed by atoms with Crippen LogP contribution in [0.5, 0.6) is 5.75 Å². The summed E-state index contributed by atoms with van der Waals surface area (Å²) in [6, 6.07) is 5.17. The van der Waals surface area contributed by atoms with Gasteiger partial charge in [0.15, 0.2) is 6.10 Å². The monoisotopic (exact) mass is 360 g/mol. The van der Waals surface area contributed by atoms with Crippen molar-refractivity contribution in [3.05, 3.63) is 39.7 Å². The van der Waals surface area contributed by atoms with E-state index in [2.05, 4.69) is 10.2 Å². The Morgan fingerprint density at radius 1 is 1.31 bits per heavy atom. The third-order valence-electron chi connectivity index (χ3n) is 4.17. The van der Waals surface area contributed by atoms with Crippen LogP contribution in [0.2, 0.25) is 0 Å². The van der Waals surface area contributed by atoms with Crippen LogP contribution in [0.1, 0.15) is 31.4 Å². The molecular weight excluding hydrogens is 332 g/mol. The van der Waals surface area contributed by atoms with E-state index in [1.165, 1.54) is 6.07 Å². The smallest absolute Gasteiger partial charge is 0.336 e. The third-order valence-corrected chi connectivity index (χ3v) is 4.17. The lowest BCUT2D eigenvalue weighted by molar-refractivity contribution is -0.127. The van der Waals surface area contributed by atoms with Crippen LogP contribution in [0.3, 0.4) is 0 Å². The summed E-state index contributed by atoms with van der Waals surface area (Å²) in [7, 11) is 4.00. The molecule has 0 unspecified atom stereocenters. The van der Waals surface area contributed by atoms with Gasteiger partial charge in [0.05, 0.1) is 5.39 Å². The number of nitrogens with one attached hydrogen (secondary N) is 1. The highest BCUT2D eigenvalue weighted by atomic mass is 16.5. The van der Waals surface area contributed by atoms with E-state index < -0.39 is 6.10 Å². The van der Waals surface area contributed by atoms with Crippen LogP contribution in [0, 0.1) is 6.92 Å². The van der Waals surface area contributed by atoms with Gasteiger partial charge < -0.3 is 19.4 Å². The third kappa shape index (κ3) is 5.08. The van der Waals surface area contributed by atoms with E-state index in [9.17, 15) is 9.59 Å². The van der Waals surface area contributed by atoms with Crippen LogP contribution in [0.15, 0.2) is 27.4 Å². The Kier molecular flexibility index (Phi) is 6.80. The lowest BCUT2D eigenvalue weighted by Gasteiger charge is -2.18. The number of carbonyl (C=O) groups is 1. The molecule has 1 heterocycles. The number of fused-ring (bicyclic) bond motifs is 1. The fourth-order valence-electron chi connectivity index (χ4n) is 2.84. The zero-order chi connectivity index (χ0) is 19.3. The highest BCUT2D eigenvalue weighted by molar-refractivity contribution is 5.88. The van der Waals surface area contributed by atoms with E-state index >= 15 is 0 Å². The Morgan fingerprint density at radius 3 is 2.69 bits per heavy atom. The summed E-state index contributed by atoms with van der Waals surface area (Å²) in [6.07, 6.45) is 0.910. The van der Waals surface area contributed by atoms with Crippen LogP contribution in [-0.2, 0) is 11.2 Å². The van der Waals surface area contributed by atoms with E-state index in [4.69, 9.17) is 9.15 Å². The molecule has 1 amide bonds. The van der Waals surface area contributed by atoms with Crippen LogP contribution in [0.25, 0.3) is 11.0 Å². The summed E-state index contributed by atoms with van der Waals surface area (Å²) in [5.74, 6) is 0.408. The summed E-state index contributed by atoms with van der Waals surface area (Å²) in [6.45, 7) is 7.11. The average Bonchev–Trinajstić information content (AvgIpc) is 2.56. The first kappa shape index (κ1) is 20.0. The molecule has 0 saturated carbocycles. The maximum absolute atomic E-state index is 12.3. The van der Waals surface area contributed by atoms with Gasteiger partial charge in [0.1, 0.15) is 11.3 Å². The molecule has 0 spiro atoms. The average molecular weight is 360 g/mol. The van der Waals surface area contributed by atoms with Gasteiger partial charge in [-0.2, -0.15) is 0 Å². The fraction of sp³-hybridized carbons (Fsp3) is 0.500. The standard InChI is InChI=1S/C20H28N2O4/c1-6-15-12-18(23)26-17-11-13(2)10-16(19(15)17)25-14(3)20(24)21-8-7-9-22(4)5/h10-12,14H,6-9H2,1-5H3,(H,21,24)/t14-/m1/s1. The first-order chi connectivity index (χ1) is 12.3. The molecule has 1 N–H and O–H groups in total. The van der Waals surface area contributed by atoms with Gasteiger partial charge in [-0.25, -0.2) is 4.79 Å². The van der Waals surface area contributed by atoms with Crippen molar-refractivity contribution in [2.45, 2.75) is 39.7 Å². The molecule has 0 saturated heterocycles. The number of hydrogen-bond acceptors (Lipinski definition) is 5. The summed E-state index contributed by atoms with van der Waals surface area (Å²) in [5.41, 5.74) is 1.87. The van der Waals surface area contributed by atoms with Crippen molar-refractivity contribution in [1.29, 1.82) is 0 Å². The molecular formula is C20H28N2O4. The van der Waals surface area contributed by atoms with Crippen LogP contribution >= 0.6 is 0 Å². The molecule has 0 bridgehead atoms. The van der Waals surface area contributed by atoms with E-state index in [-0.39, 0.29) is 11.5 Å². The number of aryl methyl sites for hydroxylation is 2. The van der Waals surface area contributed by atoms with Gasteiger partial charge in [-0.15, -0.1) is 0 Å². The zero-order valence-electron chi connectivity index (χ0n) is 16.2. The summed E-state index contributed by atoms with van der Waals surface area (Å²) < 4.78 is 11.3. The summed E-state index contributed by atoms with van der Waals surface area (Å²) in [5, 5.41) is 3.65. The SMILES string of the molecule is CCc1cc(=O)oc2cc(C)cc(O[C@H](C)C(=O)NCCCN(C)C)c12. The second kappa shape index (κ2) is 8.85. The Morgan fingerprint density at radius 2 is 2.04 bits per heavy atom. The molecule has 6 nitrogen and oxygen atoms in total. The normalized spacial score (nSPS) is 12.4. The zero-order valence-corrected chi connectivity index (χ0v) is 16.2. The minimum Gasteiger partial charge on any atom is -0.480 e. The quantitative estimate of drug-likeness (QED) is 0.578. The Hall–Kier alpha value is -2.34. The first-order valence-corrected chi connectivity index (χ1v) is 8.98. The molecule has 0 aliphatic rings. The van der Waals surface area contributed by atoms with Gasteiger partial charge in [-0.1, -0.05) is 6.92 Å². The maximum atomic E-state index is 12.3. The van der Waals surface area contributed by atoms with Gasteiger partial charge in [0.25, 0.3) is 5.91 Å². The number of nitrogens with zero attached hydrogens (tertiary/aromatic N) is 1. The summed E-state index contributed by atoms with van der Waals surface area (Å²) in [4.78, 5) is 26.1. The van der Waals surface area contributed by atoms with E-state index in [0.717, 1.165) is 29.5 Å². The van der Waals surface area contributed by atoms with E-state index in [0.29, 0.717) is 24.3 Å². The van der Waals surface area contributed by atoms with Crippen molar-refractivity contribution >= 4 is 16.9 Å². The molecule has 0 aliphatic heterocycles. The van der Waals surface area contributed by atoms with E-state index in [1.807, 2.05) is 40.1 Å². The Balaban J connectivity index is 2.19. The van der Waals surface area contributed by atoms with Gasteiger partial charge in [-0.3, -0.25) is 4.79 Å². The molecule has 2 rings (SSSR count). The van der Waals surface area contributed by atoms with Crippen LogP contribution in [-0.4, -0.2) is 44.1 Å². The van der Waals surface area contributed by atoms with Crippen LogP contribution < -0.4 is 15.7 Å². The van der Waals surface area contributed by atoms with Crippen molar-refractivity contribution in [1.82, 2.24) is 10.2 Å². The predicted molar refractivity (Wildman–Crippen MR) is 103 cm³/mol. The first-order valence-electron chi connectivity index (χ1n) is 8.98. The summed E-state index contributed by atoms with van der Waals surface area (Å²) >= 11 is 0. The molecule has 0 radical (unpaired) electrons. The van der Waals surface area contributed by atoms with Crippen molar-refractivity contribution < 1.29 is 13.9 Å². The molecule has 2 aromatic rings. The highest BCUT2D eigenvalue weighted by Crippen LogP contribution is 2.30. The molecule has 0 fully saturated rings. The molecule has 1 aromatic heterocycles.